The number of carbonyl (C=O) groups is 1. The minimum atomic E-state index is -0.707. The number of hydrogen-bond donors (Lipinski definition) is 3. The molecular weight excluding hydrogens is 434 g/mol. The van der Waals surface area contributed by atoms with Crippen molar-refractivity contribution < 1.29 is 24.1 Å². The fourth-order valence-corrected chi connectivity index (χ4v) is 4.93. The molecule has 0 aromatic heterocycles. The normalized spacial score (nSPS) is 20.5. The van der Waals surface area contributed by atoms with Crippen molar-refractivity contribution >= 4 is 5.91 Å². The molecule has 0 spiro atoms. The zero-order valence-corrected chi connectivity index (χ0v) is 20.1. The van der Waals surface area contributed by atoms with Crippen LogP contribution in [-0.2, 0) is 4.79 Å². The molecule has 1 fully saturated rings. The molecule has 1 amide bonds. The van der Waals surface area contributed by atoms with Crippen LogP contribution in [0, 0.1) is 13.8 Å². The summed E-state index contributed by atoms with van der Waals surface area (Å²) in [7, 11) is 1.60. The monoisotopic (exact) mass is 469 g/mol. The second-order valence-corrected chi connectivity index (χ2v) is 9.18. The van der Waals surface area contributed by atoms with Crippen LogP contribution in [-0.4, -0.2) is 67.5 Å². The van der Waals surface area contributed by atoms with Crippen molar-refractivity contribution in [2.45, 2.75) is 51.0 Å². The van der Waals surface area contributed by atoms with Gasteiger partial charge in [0.2, 0.25) is 5.91 Å². The van der Waals surface area contributed by atoms with E-state index in [0.717, 1.165) is 42.6 Å². The number of benzene rings is 2. The predicted octanol–water partition coefficient (Wildman–Crippen LogP) is 2.09. The number of amides is 1. The molecule has 8 heteroatoms. The number of ether oxygens (including phenoxy) is 3. The number of primary amides is 1. The molecule has 0 aliphatic carbocycles. The van der Waals surface area contributed by atoms with Crippen LogP contribution in [0.5, 0.6) is 17.2 Å². The predicted molar refractivity (Wildman–Crippen MR) is 129 cm³/mol. The number of likely N-dealkylation sites (tertiary alicyclic amines) is 1. The Morgan fingerprint density at radius 1 is 1.21 bits per heavy atom. The van der Waals surface area contributed by atoms with Gasteiger partial charge in [0.15, 0.2) is 17.6 Å². The first kappa shape index (κ1) is 24.3. The van der Waals surface area contributed by atoms with Gasteiger partial charge < -0.3 is 30.4 Å². The third kappa shape index (κ3) is 5.29. The van der Waals surface area contributed by atoms with Crippen LogP contribution in [0.2, 0.25) is 0 Å². The van der Waals surface area contributed by atoms with Gasteiger partial charge in [-0.2, -0.15) is 0 Å². The van der Waals surface area contributed by atoms with Crippen LogP contribution in [0.25, 0.3) is 0 Å². The molecule has 184 valence electrons. The second-order valence-electron chi connectivity index (χ2n) is 9.18. The molecule has 2 aliphatic rings. The molecule has 4 N–H and O–H groups in total. The highest BCUT2D eigenvalue weighted by Gasteiger charge is 2.33. The van der Waals surface area contributed by atoms with Crippen molar-refractivity contribution in [3.63, 3.8) is 0 Å². The van der Waals surface area contributed by atoms with Gasteiger partial charge in [-0.3, -0.25) is 9.69 Å². The quantitative estimate of drug-likeness (QED) is 0.544. The van der Waals surface area contributed by atoms with Crippen molar-refractivity contribution in [2.24, 2.45) is 5.73 Å². The van der Waals surface area contributed by atoms with Crippen molar-refractivity contribution in [1.82, 2.24) is 10.2 Å². The van der Waals surface area contributed by atoms with Crippen molar-refractivity contribution in [2.75, 3.05) is 33.4 Å². The van der Waals surface area contributed by atoms with Gasteiger partial charge in [0.05, 0.1) is 7.11 Å². The lowest BCUT2D eigenvalue weighted by Crippen LogP contribution is -2.50. The fourth-order valence-electron chi connectivity index (χ4n) is 4.93. The number of carbonyl (C=O) groups excluding carboxylic acids is 1. The number of piperidine rings is 1. The Hall–Kier alpha value is -2.81. The number of aliphatic hydroxyl groups is 1. The highest BCUT2D eigenvalue weighted by Crippen LogP contribution is 2.35. The maximum absolute atomic E-state index is 12.4. The number of methoxy groups -OCH3 is 1. The molecule has 8 nitrogen and oxygen atoms in total. The van der Waals surface area contributed by atoms with Gasteiger partial charge in [-0.1, -0.05) is 18.2 Å². The Kier molecular flexibility index (Phi) is 7.60. The molecule has 2 aromatic carbocycles. The summed E-state index contributed by atoms with van der Waals surface area (Å²) in [6.45, 7) is 6.25. The van der Waals surface area contributed by atoms with Crippen molar-refractivity contribution in [3.05, 3.63) is 53.1 Å². The van der Waals surface area contributed by atoms with Gasteiger partial charge in [-0.15, -0.1) is 0 Å². The standard InChI is InChI=1S/C26H35N3O5/c1-16-5-4-6-17(2)24(16)25(26(27)31)29-11-9-18(10-12-29)28-14-20(30)23-15-33-22-13-19(32-3)7-8-21(22)34-23/h4-8,13,18,20,23,25,28,30H,9-12,14-15H2,1-3H3,(H2,27,31). The van der Waals surface area contributed by atoms with E-state index in [2.05, 4.69) is 10.2 Å². The Morgan fingerprint density at radius 3 is 2.56 bits per heavy atom. The summed E-state index contributed by atoms with van der Waals surface area (Å²) in [5.74, 6) is 1.61. The van der Waals surface area contributed by atoms with Crippen LogP contribution in [0.4, 0.5) is 0 Å². The van der Waals surface area contributed by atoms with E-state index >= 15 is 0 Å². The minimum absolute atomic E-state index is 0.249. The van der Waals surface area contributed by atoms with E-state index in [1.165, 1.54) is 0 Å². The van der Waals surface area contributed by atoms with Gasteiger partial charge in [-0.25, -0.2) is 0 Å². The first-order valence-electron chi connectivity index (χ1n) is 11.9. The number of rotatable bonds is 8. The summed E-state index contributed by atoms with van der Waals surface area (Å²) in [4.78, 5) is 14.6. The Balaban J connectivity index is 1.29. The van der Waals surface area contributed by atoms with Gasteiger partial charge in [-0.05, 0) is 55.5 Å². The van der Waals surface area contributed by atoms with E-state index in [0.29, 0.717) is 23.8 Å². The number of hydrogen-bond acceptors (Lipinski definition) is 7. The number of nitrogens with zero attached hydrogens (tertiary/aromatic N) is 1. The summed E-state index contributed by atoms with van der Waals surface area (Å²) in [5.41, 5.74) is 9.03. The van der Waals surface area contributed by atoms with E-state index < -0.39 is 18.2 Å². The molecule has 4 rings (SSSR count). The highest BCUT2D eigenvalue weighted by molar-refractivity contribution is 5.82. The zero-order chi connectivity index (χ0) is 24.2. The molecule has 3 atom stereocenters. The molecule has 1 saturated heterocycles. The summed E-state index contributed by atoms with van der Waals surface area (Å²) in [6.07, 6.45) is 0.580. The van der Waals surface area contributed by atoms with Crippen LogP contribution >= 0.6 is 0 Å². The van der Waals surface area contributed by atoms with Crippen LogP contribution in [0.15, 0.2) is 36.4 Å². The molecule has 2 aliphatic heterocycles. The van der Waals surface area contributed by atoms with Crippen molar-refractivity contribution in [3.8, 4) is 17.2 Å². The summed E-state index contributed by atoms with van der Waals surface area (Å²) < 4.78 is 16.9. The average Bonchev–Trinajstić information content (AvgIpc) is 2.84. The first-order valence-corrected chi connectivity index (χ1v) is 11.9. The van der Waals surface area contributed by atoms with Gasteiger partial charge in [0.25, 0.3) is 0 Å². The lowest BCUT2D eigenvalue weighted by Gasteiger charge is -2.38. The van der Waals surface area contributed by atoms with Gasteiger partial charge >= 0.3 is 0 Å². The smallest absolute Gasteiger partial charge is 0.239 e. The van der Waals surface area contributed by atoms with E-state index in [9.17, 15) is 9.90 Å². The molecule has 3 unspecified atom stereocenters. The number of aryl methyl sites for hydroxylation is 2. The fraction of sp³-hybridized carbons (Fsp3) is 0.500. The molecule has 2 aromatic rings. The van der Waals surface area contributed by atoms with E-state index in [1.807, 2.05) is 32.0 Å². The maximum atomic E-state index is 12.4. The molecule has 34 heavy (non-hydrogen) atoms. The summed E-state index contributed by atoms with van der Waals surface area (Å²) >= 11 is 0. The Bertz CT molecular complexity index is 986. The van der Waals surface area contributed by atoms with Crippen molar-refractivity contribution in [1.29, 1.82) is 0 Å². The molecule has 0 saturated carbocycles. The van der Waals surface area contributed by atoms with Gasteiger partial charge in [0.1, 0.15) is 24.5 Å². The SMILES string of the molecule is COc1ccc2c(c1)OCC(C(O)CNC1CCN(C(C(N)=O)c3c(C)cccc3C)CC1)O2. The molecular formula is C26H35N3O5. The third-order valence-electron chi connectivity index (χ3n) is 6.86. The van der Waals surface area contributed by atoms with Crippen LogP contribution in [0.1, 0.15) is 35.6 Å². The Labute approximate surface area is 201 Å². The Morgan fingerprint density at radius 2 is 1.91 bits per heavy atom. The van der Waals surface area contributed by atoms with E-state index in [1.54, 1.807) is 25.3 Å². The largest absolute Gasteiger partial charge is 0.497 e. The highest BCUT2D eigenvalue weighted by atomic mass is 16.6. The maximum Gasteiger partial charge on any atom is 0.239 e. The minimum Gasteiger partial charge on any atom is -0.497 e. The van der Waals surface area contributed by atoms with Gasteiger partial charge in [0, 0.05) is 31.7 Å². The number of fused-ring (bicyclic) bond motifs is 1. The summed E-state index contributed by atoms with van der Waals surface area (Å²) in [6, 6.07) is 11.3. The summed E-state index contributed by atoms with van der Waals surface area (Å²) in [5, 5.41) is 14.2. The topological polar surface area (TPSA) is 106 Å². The zero-order valence-electron chi connectivity index (χ0n) is 20.1. The second kappa shape index (κ2) is 10.6. The average molecular weight is 470 g/mol. The van der Waals surface area contributed by atoms with Crippen LogP contribution in [0.3, 0.4) is 0 Å². The first-order chi connectivity index (χ1) is 16.4. The third-order valence-corrected chi connectivity index (χ3v) is 6.86. The van der Waals surface area contributed by atoms with E-state index in [-0.39, 0.29) is 18.6 Å². The van der Waals surface area contributed by atoms with E-state index in [4.69, 9.17) is 19.9 Å². The lowest BCUT2D eigenvalue weighted by molar-refractivity contribution is -0.124. The number of nitrogens with two attached hydrogens (primary N) is 1. The number of aliphatic hydroxyl groups excluding tert-OH is 1. The molecule has 2 heterocycles. The number of nitrogens with one attached hydrogen (secondary N) is 1. The molecule has 0 bridgehead atoms. The van der Waals surface area contributed by atoms with Crippen LogP contribution < -0.4 is 25.3 Å². The lowest BCUT2D eigenvalue weighted by atomic mass is 9.92. The molecule has 0 radical (unpaired) electrons.